The van der Waals surface area contributed by atoms with Gasteiger partial charge in [0, 0.05) is 0 Å². The zero-order valence-electron chi connectivity index (χ0n) is 22.0. The molecular formula is C33H50Si. The van der Waals surface area contributed by atoms with Crippen LogP contribution < -0.4 is 5.19 Å². The van der Waals surface area contributed by atoms with Crippen molar-refractivity contribution in [1.82, 2.24) is 0 Å². The molecule has 186 valence electrons. The number of benzene rings is 1. The van der Waals surface area contributed by atoms with Gasteiger partial charge in [0.2, 0.25) is 0 Å². The summed E-state index contributed by atoms with van der Waals surface area (Å²) in [6.45, 7) is 3.02. The van der Waals surface area contributed by atoms with E-state index in [1.165, 1.54) is 0 Å². The van der Waals surface area contributed by atoms with Gasteiger partial charge in [-0.15, -0.1) is 0 Å². The van der Waals surface area contributed by atoms with Crippen LogP contribution in [0.3, 0.4) is 0 Å². The van der Waals surface area contributed by atoms with Gasteiger partial charge in [-0.05, 0) is 84.1 Å². The molecule has 7 rings (SSSR count). The maximum Gasteiger partial charge on any atom is 0.0909 e. The van der Waals surface area contributed by atoms with E-state index in [0.717, 1.165) is 58.4 Å². The molecule has 1 heteroatoms. The van der Waals surface area contributed by atoms with Crippen LogP contribution in [0.2, 0.25) is 17.6 Å². The summed E-state index contributed by atoms with van der Waals surface area (Å²) in [5, 5.41) is 1.90. The van der Waals surface area contributed by atoms with E-state index in [1.807, 2.05) is 5.19 Å². The van der Waals surface area contributed by atoms with Crippen LogP contribution in [0.25, 0.3) is 0 Å². The molecular weight excluding hydrogens is 424 g/mol. The predicted molar refractivity (Wildman–Crippen MR) is 147 cm³/mol. The smallest absolute Gasteiger partial charge is 0.0648 e. The molecule has 0 aliphatic heterocycles. The molecule has 1 aromatic carbocycles. The molecule has 8 unspecified atom stereocenters. The Hall–Kier alpha value is -0.563. The van der Waals surface area contributed by atoms with Gasteiger partial charge in [-0.1, -0.05) is 119 Å². The highest BCUT2D eigenvalue weighted by Crippen LogP contribution is 2.70. The normalized spacial score (nSPS) is 47.7. The molecule has 0 heterocycles. The minimum Gasteiger partial charge on any atom is -0.0648 e. The summed E-state index contributed by atoms with van der Waals surface area (Å²) >= 11 is 0. The van der Waals surface area contributed by atoms with Crippen LogP contribution in [0, 0.1) is 47.3 Å². The number of fused-ring (bicyclic) bond motifs is 6. The van der Waals surface area contributed by atoms with Crippen molar-refractivity contribution in [2.75, 3.05) is 0 Å². The van der Waals surface area contributed by atoms with Gasteiger partial charge in [0.05, 0.1) is 8.07 Å². The fourth-order valence-electron chi connectivity index (χ4n) is 12.5. The van der Waals surface area contributed by atoms with Crippen LogP contribution in [0.4, 0.5) is 0 Å². The Balaban J connectivity index is 1.38. The van der Waals surface area contributed by atoms with E-state index in [-0.39, 0.29) is 0 Å². The molecule has 0 N–H and O–H groups in total. The van der Waals surface area contributed by atoms with Crippen molar-refractivity contribution < 1.29 is 0 Å². The summed E-state index contributed by atoms with van der Waals surface area (Å²) in [6, 6.07) is 12.5. The Morgan fingerprint density at radius 3 is 1.06 bits per heavy atom. The first-order valence-electron chi connectivity index (χ1n) is 15.8. The Bertz CT molecular complexity index is 753. The molecule has 0 amide bonds. The third-order valence-electron chi connectivity index (χ3n) is 13.2. The van der Waals surface area contributed by atoms with Crippen molar-refractivity contribution in [1.29, 1.82) is 0 Å². The lowest BCUT2D eigenvalue weighted by atomic mass is 9.73. The van der Waals surface area contributed by atoms with Gasteiger partial charge in [-0.25, -0.2) is 0 Å². The summed E-state index contributed by atoms with van der Waals surface area (Å²) in [5.74, 6) is 8.75. The average molecular weight is 475 g/mol. The van der Waals surface area contributed by atoms with Crippen LogP contribution in [0.5, 0.6) is 0 Å². The SMILES string of the molecule is C[Si](c1ccccc1)(C1C2CCCCC2C2CCCCC21)C1C2CCCCC2C2CCCCC21. The first kappa shape index (κ1) is 22.6. The second-order valence-corrected chi connectivity index (χ2v) is 18.6. The molecule has 6 aliphatic rings. The summed E-state index contributed by atoms with van der Waals surface area (Å²) < 4.78 is 0. The third kappa shape index (κ3) is 3.34. The average Bonchev–Trinajstić information content (AvgIpc) is 3.43. The molecule has 0 saturated heterocycles. The molecule has 0 aromatic heterocycles. The molecule has 6 fully saturated rings. The van der Waals surface area contributed by atoms with E-state index in [9.17, 15) is 0 Å². The lowest BCUT2D eigenvalue weighted by molar-refractivity contribution is 0.184. The van der Waals surface area contributed by atoms with Crippen LogP contribution >= 0.6 is 0 Å². The Morgan fingerprint density at radius 2 is 0.735 bits per heavy atom. The van der Waals surface area contributed by atoms with E-state index in [0.29, 0.717) is 0 Å². The number of hydrogen-bond donors (Lipinski definition) is 0. The van der Waals surface area contributed by atoms with Crippen LogP contribution in [-0.2, 0) is 0 Å². The third-order valence-corrected chi connectivity index (χ3v) is 19.3. The van der Waals surface area contributed by atoms with E-state index in [1.54, 1.807) is 103 Å². The minimum absolute atomic E-state index is 1.09. The maximum atomic E-state index is 3.02. The van der Waals surface area contributed by atoms with Gasteiger partial charge in [0.25, 0.3) is 0 Å². The highest BCUT2D eigenvalue weighted by Gasteiger charge is 2.65. The second kappa shape index (κ2) is 9.07. The summed E-state index contributed by atoms with van der Waals surface area (Å²) in [4.78, 5) is 0. The summed E-state index contributed by atoms with van der Waals surface area (Å²) in [5.41, 5.74) is 2.19. The molecule has 34 heavy (non-hydrogen) atoms. The Kier molecular flexibility index (Phi) is 6.04. The fraction of sp³-hybridized carbons (Fsp3) is 0.818. The van der Waals surface area contributed by atoms with Gasteiger partial charge in [0.1, 0.15) is 0 Å². The quantitative estimate of drug-likeness (QED) is 0.383. The number of hydrogen-bond acceptors (Lipinski definition) is 0. The molecule has 0 bridgehead atoms. The van der Waals surface area contributed by atoms with E-state index >= 15 is 0 Å². The van der Waals surface area contributed by atoms with E-state index in [2.05, 4.69) is 36.9 Å². The lowest BCUT2D eigenvalue weighted by Gasteiger charge is -2.51. The van der Waals surface area contributed by atoms with Crippen molar-refractivity contribution in [3.63, 3.8) is 0 Å². The van der Waals surface area contributed by atoms with Gasteiger partial charge < -0.3 is 0 Å². The van der Waals surface area contributed by atoms with E-state index in [4.69, 9.17) is 0 Å². The van der Waals surface area contributed by atoms with Crippen molar-refractivity contribution >= 4 is 13.3 Å². The highest BCUT2D eigenvalue weighted by molar-refractivity contribution is 6.93. The Morgan fingerprint density at radius 1 is 0.441 bits per heavy atom. The molecule has 0 spiro atoms. The molecule has 6 aliphatic carbocycles. The fourth-order valence-corrected chi connectivity index (χ4v) is 19.8. The topological polar surface area (TPSA) is 0 Å². The van der Waals surface area contributed by atoms with Crippen molar-refractivity contribution in [3.8, 4) is 0 Å². The standard InChI is InChI=1S/C33H50Si/c1-34(23-13-3-2-4-14-23,32-28-19-9-5-15-24(28)25-16-6-10-20-29(25)32)33-30-21-11-7-17-26(30)27-18-8-12-22-31(27)33/h2-4,13-14,24-33H,5-12,15-22H2,1H3. The number of rotatable bonds is 3. The highest BCUT2D eigenvalue weighted by atomic mass is 28.3. The van der Waals surface area contributed by atoms with Gasteiger partial charge in [0.15, 0.2) is 0 Å². The van der Waals surface area contributed by atoms with Crippen LogP contribution in [-0.4, -0.2) is 8.07 Å². The minimum atomic E-state index is -1.69. The van der Waals surface area contributed by atoms with E-state index < -0.39 is 8.07 Å². The zero-order chi connectivity index (χ0) is 22.7. The molecule has 6 saturated carbocycles. The molecule has 1 aromatic rings. The largest absolute Gasteiger partial charge is 0.0909 e. The van der Waals surface area contributed by atoms with Crippen molar-refractivity contribution in [2.24, 2.45) is 47.3 Å². The van der Waals surface area contributed by atoms with Crippen LogP contribution in [0.1, 0.15) is 103 Å². The second-order valence-electron chi connectivity index (χ2n) is 14.1. The van der Waals surface area contributed by atoms with Gasteiger partial charge in [-0.3, -0.25) is 0 Å². The lowest BCUT2D eigenvalue weighted by Crippen LogP contribution is -2.58. The monoisotopic (exact) mass is 474 g/mol. The van der Waals surface area contributed by atoms with Gasteiger partial charge >= 0.3 is 0 Å². The summed E-state index contributed by atoms with van der Waals surface area (Å²) in [7, 11) is -1.69. The van der Waals surface area contributed by atoms with Crippen LogP contribution in [0.15, 0.2) is 30.3 Å². The maximum absolute atomic E-state index is 3.02. The summed E-state index contributed by atoms with van der Waals surface area (Å²) in [6.07, 6.45) is 25.0. The molecule has 0 radical (unpaired) electrons. The molecule has 0 nitrogen and oxygen atoms in total. The predicted octanol–water partition coefficient (Wildman–Crippen LogP) is 8.97. The van der Waals surface area contributed by atoms with Crippen molar-refractivity contribution in [3.05, 3.63) is 30.3 Å². The molecule has 8 atom stereocenters. The first-order chi connectivity index (χ1) is 16.8. The van der Waals surface area contributed by atoms with Gasteiger partial charge in [-0.2, -0.15) is 0 Å². The Labute approximate surface area is 211 Å². The zero-order valence-corrected chi connectivity index (χ0v) is 23.0. The first-order valence-corrected chi connectivity index (χ1v) is 18.5. The van der Waals surface area contributed by atoms with Crippen molar-refractivity contribution in [2.45, 2.75) is 120 Å².